The van der Waals surface area contributed by atoms with Gasteiger partial charge in [0.2, 0.25) is 0 Å². The van der Waals surface area contributed by atoms with Crippen LogP contribution in [0.25, 0.3) is 0 Å². The molecule has 0 spiro atoms. The molecule has 0 rings (SSSR count). The summed E-state index contributed by atoms with van der Waals surface area (Å²) in [5, 5.41) is 0. The molecule has 1 unspecified atom stereocenters. The molecule has 1 amide bonds. The number of carbonyl (C=O) groups excluding carboxylic acids is 1. The van der Waals surface area contributed by atoms with Crippen LogP contribution in [0.15, 0.2) is 54.3 Å². The third kappa shape index (κ3) is 39.5. The minimum absolute atomic E-state index is 0.0551. The van der Waals surface area contributed by atoms with Gasteiger partial charge in [-0.1, -0.05) is 154 Å². The smallest absolute Gasteiger partial charge is 0.410 e. The second-order valence-corrected chi connectivity index (χ2v) is 15.7. The van der Waals surface area contributed by atoms with Gasteiger partial charge >= 0.3 is 6.09 Å². The molecule has 0 saturated carbocycles. The van der Waals surface area contributed by atoms with Gasteiger partial charge in [0.05, 0.1) is 0 Å². The molecule has 0 aromatic carbocycles. The van der Waals surface area contributed by atoms with E-state index in [-0.39, 0.29) is 12.2 Å². The Morgan fingerprint density at radius 3 is 1.58 bits per heavy atom. The summed E-state index contributed by atoms with van der Waals surface area (Å²) in [6.45, 7) is 9.37. The van der Waals surface area contributed by atoms with Crippen LogP contribution in [0.2, 0.25) is 0 Å². The summed E-state index contributed by atoms with van der Waals surface area (Å²) >= 11 is 0. The Hall–Kier alpha value is -2.03. The molecule has 53 heavy (non-hydrogen) atoms. The summed E-state index contributed by atoms with van der Waals surface area (Å²) in [4.78, 5) is 17.7. The summed E-state index contributed by atoms with van der Waals surface area (Å²) < 4.78 is 6.32. The normalized spacial score (nSPS) is 12.3. The molecule has 0 aromatic rings. The average Bonchev–Trinajstić information content (AvgIpc) is 3.15. The van der Waals surface area contributed by atoms with Crippen LogP contribution in [0, 0.1) is 0 Å². The molecule has 308 valence electrons. The predicted molar refractivity (Wildman–Crippen MR) is 236 cm³/mol. The second-order valence-electron chi connectivity index (χ2n) is 15.7. The predicted octanol–water partition coefficient (Wildman–Crippen LogP) is 15.5. The van der Waals surface area contributed by atoms with Crippen LogP contribution in [-0.2, 0) is 4.74 Å². The molecular formula is C49H90N2O2. The van der Waals surface area contributed by atoms with Crippen LogP contribution in [0.5, 0.6) is 0 Å². The van der Waals surface area contributed by atoms with Crippen molar-refractivity contribution in [2.45, 2.75) is 219 Å². The first-order valence-corrected chi connectivity index (χ1v) is 23.0. The number of allylic oxidation sites excluding steroid dienone is 7. The summed E-state index contributed by atoms with van der Waals surface area (Å²) in [6, 6.07) is 0. The summed E-state index contributed by atoms with van der Waals surface area (Å²) in [5.74, 6) is 0. The van der Waals surface area contributed by atoms with E-state index in [2.05, 4.69) is 94.1 Å². The minimum Gasteiger partial charge on any atom is -0.446 e. The van der Waals surface area contributed by atoms with Crippen LogP contribution in [0.3, 0.4) is 0 Å². The van der Waals surface area contributed by atoms with E-state index in [4.69, 9.17) is 4.74 Å². The highest BCUT2D eigenvalue weighted by molar-refractivity contribution is 5.67. The molecule has 0 aliphatic rings. The Morgan fingerprint density at radius 1 is 0.528 bits per heavy atom. The molecule has 0 aromatic heterocycles. The van der Waals surface area contributed by atoms with Gasteiger partial charge in [0.1, 0.15) is 6.10 Å². The van der Waals surface area contributed by atoms with Crippen molar-refractivity contribution in [3.05, 3.63) is 54.3 Å². The number of carbonyl (C=O) groups is 1. The molecule has 1 atom stereocenters. The van der Waals surface area contributed by atoms with E-state index in [1.807, 2.05) is 4.90 Å². The molecule has 0 heterocycles. The molecule has 4 heteroatoms. The number of hydrogen-bond acceptors (Lipinski definition) is 3. The maximum atomic E-state index is 13.5. The molecule has 4 nitrogen and oxygen atoms in total. The lowest BCUT2D eigenvalue weighted by Gasteiger charge is -2.26. The largest absolute Gasteiger partial charge is 0.446 e. The van der Waals surface area contributed by atoms with E-state index in [9.17, 15) is 4.79 Å². The Bertz CT molecular complexity index is 913. The first kappa shape index (κ1) is 51.0. The minimum atomic E-state index is -0.0691. The molecule has 0 saturated heterocycles. The fourth-order valence-electron chi connectivity index (χ4n) is 6.65. The van der Waals surface area contributed by atoms with Crippen LogP contribution >= 0.6 is 0 Å². The van der Waals surface area contributed by atoms with Gasteiger partial charge in [-0.3, -0.25) is 0 Å². The zero-order valence-electron chi connectivity index (χ0n) is 36.2. The zero-order chi connectivity index (χ0) is 38.7. The van der Waals surface area contributed by atoms with E-state index < -0.39 is 0 Å². The van der Waals surface area contributed by atoms with Gasteiger partial charge in [0.25, 0.3) is 0 Å². The van der Waals surface area contributed by atoms with E-state index in [0.29, 0.717) is 0 Å². The lowest BCUT2D eigenvalue weighted by atomic mass is 10.0. The van der Waals surface area contributed by atoms with E-state index in [0.717, 1.165) is 71.0 Å². The molecule has 0 bridgehead atoms. The lowest BCUT2D eigenvalue weighted by molar-refractivity contribution is 0.0513. The molecule has 0 radical (unpaired) electrons. The molecule has 0 aliphatic carbocycles. The van der Waals surface area contributed by atoms with Gasteiger partial charge < -0.3 is 14.5 Å². The van der Waals surface area contributed by atoms with Crippen molar-refractivity contribution in [1.82, 2.24) is 9.80 Å². The monoisotopic (exact) mass is 739 g/mol. The van der Waals surface area contributed by atoms with Crippen LogP contribution in [0.4, 0.5) is 4.79 Å². The maximum Gasteiger partial charge on any atom is 0.410 e. The van der Waals surface area contributed by atoms with Gasteiger partial charge in [-0.25, -0.2) is 4.79 Å². The van der Waals surface area contributed by atoms with E-state index in [1.54, 1.807) is 0 Å². The van der Waals surface area contributed by atoms with Crippen molar-refractivity contribution < 1.29 is 9.53 Å². The zero-order valence-corrected chi connectivity index (χ0v) is 36.2. The van der Waals surface area contributed by atoms with Gasteiger partial charge in [-0.05, 0) is 129 Å². The maximum absolute atomic E-state index is 13.5. The Morgan fingerprint density at radius 2 is 1.00 bits per heavy atom. The fraction of sp³-hybridized carbons (Fsp3) is 0.796. The number of hydrogen-bond donors (Lipinski definition) is 0. The van der Waals surface area contributed by atoms with Gasteiger partial charge in [0.15, 0.2) is 0 Å². The summed E-state index contributed by atoms with van der Waals surface area (Å²) in [7, 11) is 4.22. The van der Waals surface area contributed by atoms with E-state index in [1.165, 1.54) is 141 Å². The van der Waals surface area contributed by atoms with Crippen molar-refractivity contribution in [1.29, 1.82) is 0 Å². The highest BCUT2D eigenvalue weighted by Gasteiger charge is 2.20. The molecule has 0 aliphatic heterocycles. The Kier molecular flexibility index (Phi) is 41.1. The summed E-state index contributed by atoms with van der Waals surface area (Å²) in [5.41, 5.74) is 3.28. The van der Waals surface area contributed by atoms with Gasteiger partial charge in [0, 0.05) is 13.1 Å². The third-order valence-electron chi connectivity index (χ3n) is 10.1. The van der Waals surface area contributed by atoms with Crippen molar-refractivity contribution in [2.24, 2.45) is 0 Å². The van der Waals surface area contributed by atoms with Gasteiger partial charge in [-0.2, -0.15) is 0 Å². The standard InChI is InChI=1S/C49H90N2O2/c1-6-9-12-15-17-19-21-23-25-26-28-30-32-34-36-38-40-44-48(53-49(52)51(46-41-14-11-8-3)47-42-45-50(4)5)43-39-37-35-33-31-29-27-24-22-20-18-16-13-10-7-2/h17-18,20-21,23-25,27,48H,6-16,22,26,28-47H2,1-5H3. The second kappa shape index (κ2) is 42.7. The van der Waals surface area contributed by atoms with Crippen molar-refractivity contribution >= 4 is 6.09 Å². The number of ether oxygens (including phenoxy) is 1. The quantitative estimate of drug-likeness (QED) is 0.0272. The number of nitrogens with zero attached hydrogens (tertiary/aromatic N) is 2. The Labute approximate surface area is 332 Å². The summed E-state index contributed by atoms with van der Waals surface area (Å²) in [6.07, 6.45) is 54.6. The average molecular weight is 739 g/mol. The number of rotatable bonds is 39. The first-order chi connectivity index (χ1) is 26.0. The van der Waals surface area contributed by atoms with Crippen LogP contribution in [0.1, 0.15) is 213 Å². The van der Waals surface area contributed by atoms with Crippen LogP contribution in [-0.4, -0.2) is 55.7 Å². The van der Waals surface area contributed by atoms with Crippen molar-refractivity contribution in [2.75, 3.05) is 33.7 Å². The van der Waals surface area contributed by atoms with Crippen molar-refractivity contribution in [3.63, 3.8) is 0 Å². The Balaban J connectivity index is 4.60. The number of amides is 1. The van der Waals surface area contributed by atoms with Crippen molar-refractivity contribution in [3.8, 4) is 0 Å². The van der Waals surface area contributed by atoms with Crippen LogP contribution < -0.4 is 0 Å². The lowest BCUT2D eigenvalue weighted by Crippen LogP contribution is -2.37. The highest BCUT2D eigenvalue weighted by Crippen LogP contribution is 2.19. The highest BCUT2D eigenvalue weighted by atomic mass is 16.6. The SMILES string of the molecule is CCCCCC=C=CC=CCCCCCCCCCC(CCCCCCCC=CCC=CCCCCC)OC(=O)N(CCCCCC)CCCN(C)C. The van der Waals surface area contributed by atoms with E-state index >= 15 is 0 Å². The van der Waals surface area contributed by atoms with Gasteiger partial charge in [-0.15, -0.1) is 5.73 Å². The fourth-order valence-corrected chi connectivity index (χ4v) is 6.65. The first-order valence-electron chi connectivity index (χ1n) is 23.0. The molecule has 0 fully saturated rings. The molecular weight excluding hydrogens is 649 g/mol. The molecule has 0 N–H and O–H groups in total. The third-order valence-corrected chi connectivity index (χ3v) is 10.1. The topological polar surface area (TPSA) is 32.8 Å². The number of unbranched alkanes of at least 4 members (excludes halogenated alkanes) is 21.